The van der Waals surface area contributed by atoms with Crippen LogP contribution in [0.15, 0.2) is 12.7 Å². The lowest BCUT2D eigenvalue weighted by Gasteiger charge is -2.18. The molecule has 1 unspecified atom stereocenters. The highest BCUT2D eigenvalue weighted by Crippen LogP contribution is 2.39. The molecule has 4 aromatic heterocycles. The van der Waals surface area contributed by atoms with Gasteiger partial charge in [-0.3, -0.25) is 0 Å². The monoisotopic (exact) mass is 394 g/mol. The molecule has 5 rings (SSSR count). The molecule has 0 aromatic carbocycles. The van der Waals surface area contributed by atoms with Gasteiger partial charge in [0.15, 0.2) is 11.5 Å². The van der Waals surface area contributed by atoms with Gasteiger partial charge in [0.25, 0.3) is 0 Å². The fraction of sp³-hybridized carbons (Fsp3) is 0.421. The second-order valence-electron chi connectivity index (χ2n) is 7.45. The fourth-order valence-corrected chi connectivity index (χ4v) is 5.36. The lowest BCUT2D eigenvalue weighted by atomic mass is 9.89. The standard InChI is InChI=1S/C19H22N8S/c1-10-3-4-12-13(7-10)28-19-14(12)17(25-11(2)26-19)21-5-6-27-9-24-15-16(20)22-8-23-18(15)27/h8-10H,3-7H2,1-2H3,(H2,20,22,23)(H,21,25,26). The number of aryl methyl sites for hydroxylation is 2. The van der Waals surface area contributed by atoms with Crippen LogP contribution in [-0.2, 0) is 19.4 Å². The molecule has 8 nitrogen and oxygen atoms in total. The van der Waals surface area contributed by atoms with E-state index in [-0.39, 0.29) is 0 Å². The zero-order valence-electron chi connectivity index (χ0n) is 15.9. The summed E-state index contributed by atoms with van der Waals surface area (Å²) < 4.78 is 1.98. The first-order valence-electron chi connectivity index (χ1n) is 9.54. The molecule has 1 aliphatic rings. The van der Waals surface area contributed by atoms with Gasteiger partial charge in [-0.25, -0.2) is 24.9 Å². The number of thiophene rings is 1. The number of aromatic nitrogens is 6. The van der Waals surface area contributed by atoms with Crippen LogP contribution in [0.2, 0.25) is 0 Å². The Kier molecular flexibility index (Phi) is 4.12. The van der Waals surface area contributed by atoms with E-state index in [0.29, 0.717) is 24.4 Å². The average Bonchev–Trinajstić information content (AvgIpc) is 3.23. The van der Waals surface area contributed by atoms with Gasteiger partial charge in [-0.1, -0.05) is 6.92 Å². The molecule has 0 saturated carbocycles. The molecular weight excluding hydrogens is 372 g/mol. The highest BCUT2D eigenvalue weighted by molar-refractivity contribution is 7.19. The molecule has 0 radical (unpaired) electrons. The highest BCUT2D eigenvalue weighted by Gasteiger charge is 2.23. The Hall–Kier alpha value is -2.81. The minimum Gasteiger partial charge on any atom is -0.382 e. The molecule has 0 saturated heterocycles. The number of rotatable bonds is 4. The maximum Gasteiger partial charge on any atom is 0.165 e. The van der Waals surface area contributed by atoms with E-state index in [1.807, 2.05) is 22.8 Å². The van der Waals surface area contributed by atoms with Crippen molar-refractivity contribution in [2.24, 2.45) is 5.92 Å². The molecule has 4 heterocycles. The van der Waals surface area contributed by atoms with Crippen LogP contribution >= 0.6 is 11.3 Å². The molecule has 4 aromatic rings. The molecule has 9 heteroatoms. The largest absolute Gasteiger partial charge is 0.382 e. The normalized spacial score (nSPS) is 16.6. The molecule has 28 heavy (non-hydrogen) atoms. The summed E-state index contributed by atoms with van der Waals surface area (Å²) in [6.45, 7) is 5.70. The fourth-order valence-electron chi connectivity index (χ4n) is 3.93. The van der Waals surface area contributed by atoms with Gasteiger partial charge in [-0.2, -0.15) is 0 Å². The maximum atomic E-state index is 5.87. The Morgan fingerprint density at radius 3 is 3.07 bits per heavy atom. The maximum absolute atomic E-state index is 5.87. The molecule has 0 bridgehead atoms. The third-order valence-corrected chi connectivity index (χ3v) is 6.49. The van der Waals surface area contributed by atoms with Crippen LogP contribution in [0.3, 0.4) is 0 Å². The molecule has 0 fully saturated rings. The van der Waals surface area contributed by atoms with E-state index in [0.717, 1.165) is 40.9 Å². The first-order chi connectivity index (χ1) is 13.6. The first-order valence-corrected chi connectivity index (χ1v) is 10.4. The summed E-state index contributed by atoms with van der Waals surface area (Å²) in [5.41, 5.74) is 8.70. The third-order valence-electron chi connectivity index (χ3n) is 5.34. The quantitative estimate of drug-likeness (QED) is 0.548. The van der Waals surface area contributed by atoms with E-state index in [9.17, 15) is 0 Å². The molecule has 0 aliphatic heterocycles. The number of hydrogen-bond donors (Lipinski definition) is 2. The summed E-state index contributed by atoms with van der Waals surface area (Å²) in [5.74, 6) is 2.89. The van der Waals surface area contributed by atoms with Crippen LogP contribution in [0.4, 0.5) is 11.6 Å². The number of nitrogen functional groups attached to an aromatic ring is 1. The van der Waals surface area contributed by atoms with Crippen LogP contribution in [0, 0.1) is 12.8 Å². The zero-order valence-corrected chi connectivity index (χ0v) is 16.8. The lowest BCUT2D eigenvalue weighted by Crippen LogP contribution is -2.13. The van der Waals surface area contributed by atoms with Crippen molar-refractivity contribution in [3.8, 4) is 0 Å². The van der Waals surface area contributed by atoms with Gasteiger partial charge in [0.2, 0.25) is 0 Å². The number of nitrogens with one attached hydrogen (secondary N) is 1. The minimum absolute atomic E-state index is 0.406. The Morgan fingerprint density at radius 2 is 2.18 bits per heavy atom. The van der Waals surface area contributed by atoms with Crippen LogP contribution in [-0.4, -0.2) is 36.0 Å². The van der Waals surface area contributed by atoms with E-state index in [1.54, 1.807) is 6.33 Å². The van der Waals surface area contributed by atoms with E-state index in [2.05, 4.69) is 27.2 Å². The van der Waals surface area contributed by atoms with Crippen LogP contribution in [0.5, 0.6) is 0 Å². The molecule has 1 aliphatic carbocycles. The molecule has 144 valence electrons. The van der Waals surface area contributed by atoms with Gasteiger partial charge in [-0.15, -0.1) is 11.3 Å². The first kappa shape index (κ1) is 17.3. The molecular formula is C19H22N8S. The Bertz CT molecular complexity index is 1180. The van der Waals surface area contributed by atoms with Gasteiger partial charge in [0, 0.05) is 18.0 Å². The van der Waals surface area contributed by atoms with Crippen LogP contribution in [0.25, 0.3) is 21.4 Å². The smallest absolute Gasteiger partial charge is 0.165 e. The SMILES string of the molecule is Cc1nc(NCCn2cnc3c(N)ncnc32)c2c3c(sc2n1)CC(C)CC3. The minimum atomic E-state index is 0.406. The number of nitrogens with two attached hydrogens (primary N) is 1. The van der Waals surface area contributed by atoms with E-state index in [1.165, 1.54) is 28.6 Å². The summed E-state index contributed by atoms with van der Waals surface area (Å²) >= 11 is 1.83. The predicted octanol–water partition coefficient (Wildman–Crippen LogP) is 2.96. The van der Waals surface area contributed by atoms with Crippen LogP contribution < -0.4 is 11.1 Å². The molecule has 1 atom stereocenters. The summed E-state index contributed by atoms with van der Waals surface area (Å²) in [6, 6.07) is 0. The van der Waals surface area contributed by atoms with Crippen molar-refractivity contribution in [1.82, 2.24) is 29.5 Å². The number of anilines is 2. The van der Waals surface area contributed by atoms with Gasteiger partial charge in [0.1, 0.15) is 28.3 Å². The molecule has 0 amide bonds. The number of nitrogens with zero attached hydrogens (tertiary/aromatic N) is 6. The summed E-state index contributed by atoms with van der Waals surface area (Å²) in [7, 11) is 0. The van der Waals surface area contributed by atoms with Crippen molar-refractivity contribution >= 4 is 44.4 Å². The number of hydrogen-bond acceptors (Lipinski definition) is 8. The number of fused-ring (bicyclic) bond motifs is 4. The summed E-state index contributed by atoms with van der Waals surface area (Å²) in [5, 5.41) is 4.73. The lowest BCUT2D eigenvalue weighted by molar-refractivity contribution is 0.509. The van der Waals surface area contributed by atoms with Crippen molar-refractivity contribution in [3.05, 3.63) is 28.9 Å². The van der Waals surface area contributed by atoms with Crippen molar-refractivity contribution in [2.45, 2.75) is 39.7 Å². The Balaban J connectivity index is 1.42. The summed E-state index contributed by atoms with van der Waals surface area (Å²) in [4.78, 5) is 24.6. The second-order valence-corrected chi connectivity index (χ2v) is 8.53. The van der Waals surface area contributed by atoms with Gasteiger partial charge < -0.3 is 15.6 Å². The van der Waals surface area contributed by atoms with Crippen LogP contribution in [0.1, 0.15) is 29.6 Å². The zero-order chi connectivity index (χ0) is 19.3. The van der Waals surface area contributed by atoms with Crippen molar-refractivity contribution in [3.63, 3.8) is 0 Å². The van der Waals surface area contributed by atoms with E-state index in [4.69, 9.17) is 15.7 Å². The van der Waals surface area contributed by atoms with Crippen molar-refractivity contribution in [1.29, 1.82) is 0 Å². The van der Waals surface area contributed by atoms with E-state index < -0.39 is 0 Å². The van der Waals surface area contributed by atoms with Gasteiger partial charge in [0.05, 0.1) is 11.7 Å². The van der Waals surface area contributed by atoms with Crippen molar-refractivity contribution < 1.29 is 0 Å². The number of imidazole rings is 1. The summed E-state index contributed by atoms with van der Waals surface area (Å²) in [6.07, 6.45) is 6.72. The predicted molar refractivity (Wildman–Crippen MR) is 112 cm³/mol. The van der Waals surface area contributed by atoms with Gasteiger partial charge in [-0.05, 0) is 37.7 Å². The highest BCUT2D eigenvalue weighted by atomic mass is 32.1. The third kappa shape index (κ3) is 2.86. The van der Waals surface area contributed by atoms with Gasteiger partial charge >= 0.3 is 0 Å². The second kappa shape index (κ2) is 6.66. The topological polar surface area (TPSA) is 107 Å². The average molecular weight is 395 g/mol. The Labute approximate surface area is 166 Å². The molecule has 3 N–H and O–H groups in total. The van der Waals surface area contributed by atoms with E-state index >= 15 is 0 Å². The molecule has 0 spiro atoms. The van der Waals surface area contributed by atoms with Crippen molar-refractivity contribution in [2.75, 3.05) is 17.6 Å². The Morgan fingerprint density at radius 1 is 1.29 bits per heavy atom.